The maximum absolute atomic E-state index is 10.0. The highest BCUT2D eigenvalue weighted by molar-refractivity contribution is 7.07. The van der Waals surface area contributed by atoms with Crippen molar-refractivity contribution in [3.8, 4) is 0 Å². The summed E-state index contributed by atoms with van der Waals surface area (Å²) in [6.45, 7) is 7.65. The molecule has 0 spiro atoms. The summed E-state index contributed by atoms with van der Waals surface area (Å²) in [5, 5.41) is 17.6. The van der Waals surface area contributed by atoms with Gasteiger partial charge in [0.05, 0.1) is 6.10 Å². The number of rotatable bonds is 4. The van der Waals surface area contributed by atoms with Crippen LogP contribution >= 0.6 is 11.3 Å². The molecule has 1 aliphatic carbocycles. The Hall–Kier alpha value is -0.380. The van der Waals surface area contributed by atoms with Gasteiger partial charge in [-0.2, -0.15) is 11.3 Å². The molecule has 96 valence electrons. The lowest BCUT2D eigenvalue weighted by Crippen LogP contribution is -2.34. The highest BCUT2D eigenvalue weighted by Crippen LogP contribution is 2.40. The van der Waals surface area contributed by atoms with Crippen molar-refractivity contribution in [1.82, 2.24) is 5.32 Å². The van der Waals surface area contributed by atoms with Crippen LogP contribution in [0.25, 0.3) is 0 Å². The van der Waals surface area contributed by atoms with Crippen LogP contribution in [0.3, 0.4) is 0 Å². The maximum atomic E-state index is 10.0. The molecule has 3 unspecified atom stereocenters. The van der Waals surface area contributed by atoms with Crippen LogP contribution < -0.4 is 5.32 Å². The summed E-state index contributed by atoms with van der Waals surface area (Å²) in [6.07, 6.45) is 2.13. The largest absolute Gasteiger partial charge is 0.387 e. The molecule has 0 aliphatic heterocycles. The molecule has 0 amide bonds. The maximum Gasteiger partial charge on any atom is 0.0922 e. The molecular formula is C14H23NOS. The standard InChI is InChI=1S/C14H23NOS/c1-10-6-14(2,3)7-12(10)15-8-13(16)11-4-5-17-9-11/h4-5,9-10,12-13,15-16H,6-8H2,1-3H3. The SMILES string of the molecule is CC1CC(C)(C)CC1NCC(O)c1ccsc1. The number of aliphatic hydroxyl groups is 1. The summed E-state index contributed by atoms with van der Waals surface area (Å²) in [7, 11) is 0. The number of thiophene rings is 1. The minimum atomic E-state index is -0.364. The zero-order valence-electron chi connectivity index (χ0n) is 10.9. The predicted molar refractivity (Wildman–Crippen MR) is 73.2 cm³/mol. The lowest BCUT2D eigenvalue weighted by atomic mass is 9.91. The summed E-state index contributed by atoms with van der Waals surface area (Å²) >= 11 is 1.64. The summed E-state index contributed by atoms with van der Waals surface area (Å²) in [6, 6.07) is 2.55. The Balaban J connectivity index is 1.83. The van der Waals surface area contributed by atoms with Crippen LogP contribution in [0, 0.1) is 11.3 Å². The second kappa shape index (κ2) is 5.09. The minimum absolute atomic E-state index is 0.364. The molecule has 2 N–H and O–H groups in total. The van der Waals surface area contributed by atoms with E-state index < -0.39 is 0 Å². The number of aliphatic hydroxyl groups excluding tert-OH is 1. The van der Waals surface area contributed by atoms with Gasteiger partial charge in [-0.25, -0.2) is 0 Å². The van der Waals surface area contributed by atoms with Gasteiger partial charge in [-0.1, -0.05) is 20.8 Å². The fourth-order valence-electron chi connectivity index (χ4n) is 3.01. The highest BCUT2D eigenvalue weighted by Gasteiger charge is 2.36. The van der Waals surface area contributed by atoms with E-state index in [1.165, 1.54) is 12.8 Å². The van der Waals surface area contributed by atoms with Crippen molar-refractivity contribution in [3.05, 3.63) is 22.4 Å². The average molecular weight is 253 g/mol. The highest BCUT2D eigenvalue weighted by atomic mass is 32.1. The zero-order chi connectivity index (χ0) is 12.5. The first kappa shape index (κ1) is 13.1. The van der Waals surface area contributed by atoms with E-state index >= 15 is 0 Å². The summed E-state index contributed by atoms with van der Waals surface area (Å²) in [5.74, 6) is 0.708. The molecule has 2 nitrogen and oxygen atoms in total. The molecule has 2 rings (SSSR count). The minimum Gasteiger partial charge on any atom is -0.387 e. The Labute approximate surface area is 108 Å². The van der Waals surface area contributed by atoms with E-state index in [0.717, 1.165) is 5.56 Å². The topological polar surface area (TPSA) is 32.3 Å². The molecule has 1 heterocycles. The van der Waals surface area contributed by atoms with Crippen molar-refractivity contribution in [2.45, 2.75) is 45.8 Å². The van der Waals surface area contributed by atoms with Gasteiger partial charge in [-0.3, -0.25) is 0 Å². The average Bonchev–Trinajstić information content (AvgIpc) is 2.82. The quantitative estimate of drug-likeness (QED) is 0.863. The van der Waals surface area contributed by atoms with E-state index in [0.29, 0.717) is 23.9 Å². The Bertz CT molecular complexity index is 347. The van der Waals surface area contributed by atoms with Crippen LogP contribution in [0.5, 0.6) is 0 Å². The van der Waals surface area contributed by atoms with Gasteiger partial charge in [-0.05, 0) is 46.6 Å². The molecule has 1 aromatic heterocycles. The van der Waals surface area contributed by atoms with Crippen molar-refractivity contribution >= 4 is 11.3 Å². The number of nitrogens with one attached hydrogen (secondary N) is 1. The van der Waals surface area contributed by atoms with E-state index in [2.05, 4.69) is 26.1 Å². The van der Waals surface area contributed by atoms with Gasteiger partial charge < -0.3 is 10.4 Å². The van der Waals surface area contributed by atoms with Crippen LogP contribution in [0.15, 0.2) is 16.8 Å². The van der Waals surface area contributed by atoms with E-state index in [9.17, 15) is 5.11 Å². The third kappa shape index (κ3) is 3.30. The van der Waals surface area contributed by atoms with Crippen molar-refractivity contribution in [3.63, 3.8) is 0 Å². The Kier molecular flexibility index (Phi) is 3.91. The van der Waals surface area contributed by atoms with Crippen LogP contribution in [0.4, 0.5) is 0 Å². The van der Waals surface area contributed by atoms with Gasteiger partial charge in [0.1, 0.15) is 0 Å². The van der Waals surface area contributed by atoms with Crippen molar-refractivity contribution in [2.24, 2.45) is 11.3 Å². The third-order valence-corrected chi connectivity index (χ3v) is 4.54. The smallest absolute Gasteiger partial charge is 0.0922 e. The number of hydrogen-bond donors (Lipinski definition) is 2. The normalized spacial score (nSPS) is 29.4. The van der Waals surface area contributed by atoms with Gasteiger partial charge >= 0.3 is 0 Å². The Morgan fingerprint density at radius 3 is 2.82 bits per heavy atom. The Morgan fingerprint density at radius 2 is 2.29 bits per heavy atom. The summed E-state index contributed by atoms with van der Waals surface area (Å²) < 4.78 is 0. The van der Waals surface area contributed by atoms with Gasteiger partial charge in [0.15, 0.2) is 0 Å². The Morgan fingerprint density at radius 1 is 1.53 bits per heavy atom. The van der Waals surface area contributed by atoms with Crippen molar-refractivity contribution < 1.29 is 5.11 Å². The molecular weight excluding hydrogens is 230 g/mol. The monoisotopic (exact) mass is 253 g/mol. The molecule has 1 aliphatic rings. The van der Waals surface area contributed by atoms with E-state index in [-0.39, 0.29) is 6.10 Å². The lowest BCUT2D eigenvalue weighted by molar-refractivity contribution is 0.167. The molecule has 1 saturated carbocycles. The summed E-state index contributed by atoms with van der Waals surface area (Å²) in [4.78, 5) is 0. The summed E-state index contributed by atoms with van der Waals surface area (Å²) in [5.41, 5.74) is 1.48. The van der Waals surface area contributed by atoms with Gasteiger partial charge in [-0.15, -0.1) is 0 Å². The van der Waals surface area contributed by atoms with Gasteiger partial charge in [0.2, 0.25) is 0 Å². The first-order valence-corrected chi connectivity index (χ1v) is 7.36. The van der Waals surface area contributed by atoms with Gasteiger partial charge in [0.25, 0.3) is 0 Å². The fourth-order valence-corrected chi connectivity index (χ4v) is 3.72. The molecule has 1 fully saturated rings. The van der Waals surface area contributed by atoms with Crippen LogP contribution in [-0.2, 0) is 0 Å². The van der Waals surface area contributed by atoms with E-state index in [1.54, 1.807) is 11.3 Å². The van der Waals surface area contributed by atoms with Crippen LogP contribution in [0.2, 0.25) is 0 Å². The molecule has 0 saturated heterocycles. The van der Waals surface area contributed by atoms with Crippen LogP contribution in [0.1, 0.15) is 45.3 Å². The third-order valence-electron chi connectivity index (χ3n) is 3.84. The van der Waals surface area contributed by atoms with Crippen LogP contribution in [-0.4, -0.2) is 17.7 Å². The predicted octanol–water partition coefficient (Wildman–Crippen LogP) is 3.20. The van der Waals surface area contributed by atoms with Gasteiger partial charge in [0, 0.05) is 12.6 Å². The second-order valence-electron chi connectivity index (χ2n) is 6.14. The fraction of sp³-hybridized carbons (Fsp3) is 0.714. The molecule has 0 aromatic carbocycles. The molecule has 0 radical (unpaired) electrons. The van der Waals surface area contributed by atoms with Crippen molar-refractivity contribution in [1.29, 1.82) is 0 Å². The van der Waals surface area contributed by atoms with E-state index in [4.69, 9.17) is 0 Å². The molecule has 17 heavy (non-hydrogen) atoms. The molecule has 1 aromatic rings. The molecule has 3 heteroatoms. The number of hydrogen-bond acceptors (Lipinski definition) is 3. The molecule has 0 bridgehead atoms. The first-order valence-electron chi connectivity index (χ1n) is 6.41. The zero-order valence-corrected chi connectivity index (χ0v) is 11.8. The molecule has 3 atom stereocenters. The van der Waals surface area contributed by atoms with Crippen molar-refractivity contribution in [2.75, 3.05) is 6.54 Å². The lowest BCUT2D eigenvalue weighted by Gasteiger charge is -2.20. The van der Waals surface area contributed by atoms with E-state index in [1.807, 2.05) is 16.8 Å². The second-order valence-corrected chi connectivity index (χ2v) is 6.92. The first-order chi connectivity index (χ1) is 7.98.